The van der Waals surface area contributed by atoms with E-state index in [9.17, 15) is 0 Å². The van der Waals surface area contributed by atoms with Crippen LogP contribution in [0.25, 0.3) is 106 Å². The van der Waals surface area contributed by atoms with Crippen molar-refractivity contribution in [2.45, 2.75) is 19.3 Å². The Morgan fingerprint density at radius 1 is 0.458 bits per heavy atom. The van der Waals surface area contributed by atoms with Crippen molar-refractivity contribution in [1.82, 2.24) is 19.5 Å². The van der Waals surface area contributed by atoms with Gasteiger partial charge in [0.15, 0.2) is 23.1 Å². The molecular formula is C54H36N4O. The summed E-state index contributed by atoms with van der Waals surface area (Å²) in [6, 6.07) is 64.0. The maximum atomic E-state index is 6.81. The van der Waals surface area contributed by atoms with Crippen LogP contribution in [0.4, 0.5) is 0 Å². The van der Waals surface area contributed by atoms with Crippen molar-refractivity contribution >= 4 is 43.7 Å². The van der Waals surface area contributed by atoms with E-state index in [1.54, 1.807) is 0 Å². The number of fused-ring (bicyclic) bond motifs is 11. The van der Waals surface area contributed by atoms with Gasteiger partial charge in [-0.25, -0.2) is 15.0 Å². The molecule has 3 aromatic heterocycles. The van der Waals surface area contributed by atoms with Gasteiger partial charge in [-0.1, -0.05) is 166 Å². The Morgan fingerprint density at radius 3 is 1.83 bits per heavy atom. The SMILES string of the molecule is CC1(C)c2ccccc2-c2c1ccc1c2c2ccc3c4ccccc4oc3c2n1-c1cccc(-c2nc(-c3ccccc3)nc(-c3ccc(-c4ccccc4)cc3)n2)c1. The van der Waals surface area contributed by atoms with E-state index in [2.05, 4.69) is 158 Å². The van der Waals surface area contributed by atoms with E-state index in [0.29, 0.717) is 17.5 Å². The lowest BCUT2D eigenvalue weighted by atomic mass is 9.82. The van der Waals surface area contributed by atoms with Crippen LogP contribution in [0.15, 0.2) is 186 Å². The predicted octanol–water partition coefficient (Wildman–Crippen LogP) is 13.8. The second kappa shape index (κ2) is 12.7. The van der Waals surface area contributed by atoms with Crippen molar-refractivity contribution in [3.05, 3.63) is 193 Å². The zero-order valence-corrected chi connectivity index (χ0v) is 32.5. The summed E-state index contributed by atoms with van der Waals surface area (Å²) in [6.45, 7) is 4.68. The van der Waals surface area contributed by atoms with Crippen LogP contribution < -0.4 is 0 Å². The van der Waals surface area contributed by atoms with Crippen LogP contribution in [0.3, 0.4) is 0 Å². The van der Waals surface area contributed by atoms with Gasteiger partial charge in [0.05, 0.1) is 11.0 Å². The Hall–Kier alpha value is -7.63. The third-order valence-electron chi connectivity index (χ3n) is 12.3. The number of rotatable bonds is 5. The van der Waals surface area contributed by atoms with Crippen molar-refractivity contribution in [3.8, 4) is 62.1 Å². The van der Waals surface area contributed by atoms with Gasteiger partial charge in [-0.15, -0.1) is 0 Å². The summed E-state index contributed by atoms with van der Waals surface area (Å²) in [5, 5.41) is 4.60. The lowest BCUT2D eigenvalue weighted by Crippen LogP contribution is -2.14. The van der Waals surface area contributed by atoms with Gasteiger partial charge in [-0.2, -0.15) is 0 Å². The smallest absolute Gasteiger partial charge is 0.164 e. The second-order valence-electron chi connectivity index (χ2n) is 16.0. The molecule has 3 heterocycles. The van der Waals surface area contributed by atoms with E-state index < -0.39 is 0 Å². The lowest BCUT2D eigenvalue weighted by molar-refractivity contribution is 0.661. The van der Waals surface area contributed by atoms with Gasteiger partial charge >= 0.3 is 0 Å². The molecule has 0 fully saturated rings. The Balaban J connectivity index is 1.10. The van der Waals surface area contributed by atoms with Crippen LogP contribution in [-0.2, 0) is 5.41 Å². The number of benzene rings is 8. The van der Waals surface area contributed by atoms with Crippen LogP contribution in [0.1, 0.15) is 25.0 Å². The molecule has 5 heteroatoms. The molecule has 0 saturated heterocycles. The summed E-state index contributed by atoms with van der Waals surface area (Å²) in [6.07, 6.45) is 0. The molecule has 0 N–H and O–H groups in total. The zero-order chi connectivity index (χ0) is 39.2. The van der Waals surface area contributed by atoms with E-state index in [-0.39, 0.29) is 5.41 Å². The monoisotopic (exact) mass is 756 g/mol. The number of furan rings is 1. The third kappa shape index (κ3) is 5.08. The average molecular weight is 757 g/mol. The summed E-state index contributed by atoms with van der Waals surface area (Å²) in [5.41, 5.74) is 15.1. The lowest BCUT2D eigenvalue weighted by Gasteiger charge is -2.21. The maximum absolute atomic E-state index is 6.81. The van der Waals surface area contributed by atoms with Crippen molar-refractivity contribution in [1.29, 1.82) is 0 Å². The van der Waals surface area contributed by atoms with Crippen LogP contribution in [-0.4, -0.2) is 19.5 Å². The van der Waals surface area contributed by atoms with Gasteiger partial charge in [-0.05, 0) is 63.7 Å². The molecule has 12 rings (SSSR count). The van der Waals surface area contributed by atoms with Gasteiger partial charge in [0.25, 0.3) is 0 Å². The highest BCUT2D eigenvalue weighted by molar-refractivity contribution is 6.25. The fourth-order valence-electron chi connectivity index (χ4n) is 9.41. The molecule has 59 heavy (non-hydrogen) atoms. The van der Waals surface area contributed by atoms with E-state index >= 15 is 0 Å². The first kappa shape index (κ1) is 33.5. The van der Waals surface area contributed by atoms with E-state index in [1.807, 2.05) is 42.5 Å². The molecule has 0 atom stereocenters. The van der Waals surface area contributed by atoms with Crippen LogP contribution >= 0.6 is 0 Å². The van der Waals surface area contributed by atoms with E-state index in [0.717, 1.165) is 66.3 Å². The normalized spacial score (nSPS) is 13.1. The third-order valence-corrected chi connectivity index (χ3v) is 12.3. The Labute approximate surface area is 340 Å². The summed E-state index contributed by atoms with van der Waals surface area (Å²) in [4.78, 5) is 15.3. The van der Waals surface area contributed by atoms with E-state index in [4.69, 9.17) is 19.4 Å². The Kier molecular flexibility index (Phi) is 7.20. The molecule has 5 nitrogen and oxygen atoms in total. The minimum Gasteiger partial charge on any atom is -0.454 e. The second-order valence-corrected chi connectivity index (χ2v) is 16.0. The molecule has 8 aromatic carbocycles. The Bertz CT molecular complexity index is 3450. The molecule has 0 bridgehead atoms. The number of hydrogen-bond donors (Lipinski definition) is 0. The molecular weight excluding hydrogens is 721 g/mol. The first-order chi connectivity index (χ1) is 29.0. The van der Waals surface area contributed by atoms with Crippen LogP contribution in [0.5, 0.6) is 0 Å². The topological polar surface area (TPSA) is 56.7 Å². The molecule has 11 aromatic rings. The average Bonchev–Trinajstić information content (AvgIpc) is 3.92. The first-order valence-corrected chi connectivity index (χ1v) is 20.1. The minimum absolute atomic E-state index is 0.132. The number of nitrogens with zero attached hydrogens (tertiary/aromatic N) is 4. The molecule has 0 spiro atoms. The number of aromatic nitrogens is 4. The van der Waals surface area contributed by atoms with Gasteiger partial charge in [0, 0.05) is 49.3 Å². The van der Waals surface area contributed by atoms with Crippen LogP contribution in [0, 0.1) is 0 Å². The van der Waals surface area contributed by atoms with Gasteiger partial charge in [0.2, 0.25) is 0 Å². The summed E-state index contributed by atoms with van der Waals surface area (Å²) >= 11 is 0. The van der Waals surface area contributed by atoms with Crippen molar-refractivity contribution < 1.29 is 4.42 Å². The van der Waals surface area contributed by atoms with Gasteiger partial charge in [-0.3, -0.25) is 0 Å². The predicted molar refractivity (Wildman–Crippen MR) is 241 cm³/mol. The highest BCUT2D eigenvalue weighted by Gasteiger charge is 2.37. The molecule has 1 aliphatic carbocycles. The fraction of sp³-hybridized carbons (Fsp3) is 0.0556. The molecule has 0 radical (unpaired) electrons. The molecule has 0 saturated carbocycles. The number of para-hydroxylation sites is 1. The van der Waals surface area contributed by atoms with Crippen molar-refractivity contribution in [3.63, 3.8) is 0 Å². The minimum atomic E-state index is -0.132. The highest BCUT2D eigenvalue weighted by Crippen LogP contribution is 2.54. The largest absolute Gasteiger partial charge is 0.454 e. The summed E-state index contributed by atoms with van der Waals surface area (Å²) in [5.74, 6) is 1.85. The van der Waals surface area contributed by atoms with Crippen LogP contribution in [0.2, 0.25) is 0 Å². The van der Waals surface area contributed by atoms with Gasteiger partial charge in [0.1, 0.15) is 5.58 Å². The van der Waals surface area contributed by atoms with E-state index in [1.165, 1.54) is 33.2 Å². The number of hydrogen-bond acceptors (Lipinski definition) is 4. The summed E-state index contributed by atoms with van der Waals surface area (Å²) in [7, 11) is 0. The molecule has 0 unspecified atom stereocenters. The molecule has 0 aliphatic heterocycles. The molecule has 278 valence electrons. The Morgan fingerprint density at radius 2 is 1.05 bits per heavy atom. The van der Waals surface area contributed by atoms with Crippen molar-refractivity contribution in [2.24, 2.45) is 0 Å². The summed E-state index contributed by atoms with van der Waals surface area (Å²) < 4.78 is 9.20. The maximum Gasteiger partial charge on any atom is 0.164 e. The molecule has 0 amide bonds. The zero-order valence-electron chi connectivity index (χ0n) is 32.5. The first-order valence-electron chi connectivity index (χ1n) is 20.1. The van der Waals surface area contributed by atoms with Crippen molar-refractivity contribution in [2.75, 3.05) is 0 Å². The van der Waals surface area contributed by atoms with Gasteiger partial charge < -0.3 is 8.98 Å². The standard InChI is InChI=1S/C54H36N4O/c1-54(2)43-22-11-9-21-41(43)47-44(54)30-31-45-48(47)42-29-28-40-39-20-10-12-23-46(39)59-50(40)49(42)58(45)38-19-13-18-37(32-38)53-56-51(35-16-7-4-8-17-35)55-52(57-53)36-26-24-34(25-27-36)33-14-5-3-6-15-33/h3-32H,1-2H3. The molecule has 1 aliphatic rings. The quantitative estimate of drug-likeness (QED) is 0.175. The fourth-order valence-corrected chi connectivity index (χ4v) is 9.41. The highest BCUT2D eigenvalue weighted by atomic mass is 16.3.